The molecule has 0 spiro atoms. The number of ether oxygens (including phenoxy) is 1. The molecule has 1 aromatic carbocycles. The van der Waals surface area contributed by atoms with Gasteiger partial charge < -0.3 is 19.7 Å². The van der Waals surface area contributed by atoms with Gasteiger partial charge in [0.1, 0.15) is 5.60 Å². The number of methoxy groups -OCH3 is 1. The van der Waals surface area contributed by atoms with E-state index in [1.54, 1.807) is 25.3 Å². The number of alkyl halides is 2. The van der Waals surface area contributed by atoms with Crippen molar-refractivity contribution in [1.82, 2.24) is 4.57 Å². The summed E-state index contributed by atoms with van der Waals surface area (Å²) >= 11 is 0. The summed E-state index contributed by atoms with van der Waals surface area (Å²) in [6.07, 6.45) is 2.25. The number of aromatic nitrogens is 1. The van der Waals surface area contributed by atoms with Crippen LogP contribution in [-0.2, 0) is 16.1 Å². The lowest BCUT2D eigenvalue weighted by Gasteiger charge is -2.41. The fourth-order valence-corrected chi connectivity index (χ4v) is 2.89. The molecule has 1 aliphatic carbocycles. The zero-order valence-corrected chi connectivity index (χ0v) is 13.4. The second kappa shape index (κ2) is 6.14. The van der Waals surface area contributed by atoms with Gasteiger partial charge >= 0.3 is 5.92 Å². The molecule has 1 amide bonds. The molecule has 130 valence electrons. The predicted octanol–water partition coefficient (Wildman–Crippen LogP) is 2.78. The molecule has 7 heteroatoms. The molecule has 0 saturated heterocycles. The van der Waals surface area contributed by atoms with Crippen LogP contribution in [-0.4, -0.2) is 40.8 Å². The topological polar surface area (TPSA) is 63.5 Å². The highest BCUT2D eigenvalue weighted by Crippen LogP contribution is 2.44. The summed E-state index contributed by atoms with van der Waals surface area (Å²) in [6.45, 7) is 1.14. The second-order valence-electron chi connectivity index (χ2n) is 6.19. The smallest absolute Gasteiger partial charge is 0.352 e. The number of benzene rings is 1. The average Bonchev–Trinajstić information content (AvgIpc) is 2.92. The first-order valence-electron chi connectivity index (χ1n) is 7.87. The van der Waals surface area contributed by atoms with E-state index in [0.717, 1.165) is 10.9 Å². The third-order valence-corrected chi connectivity index (χ3v) is 4.62. The molecule has 1 aromatic heterocycles. The Morgan fingerprint density at radius 3 is 2.79 bits per heavy atom. The minimum absolute atomic E-state index is 0.0632. The summed E-state index contributed by atoms with van der Waals surface area (Å²) in [6, 6.07) is 6.87. The maximum absolute atomic E-state index is 14.1. The van der Waals surface area contributed by atoms with Gasteiger partial charge in [0.05, 0.1) is 12.1 Å². The maximum Gasteiger partial charge on any atom is 0.352 e. The first kappa shape index (κ1) is 16.9. The summed E-state index contributed by atoms with van der Waals surface area (Å²) in [5.41, 5.74) is -1.14. The van der Waals surface area contributed by atoms with Crippen molar-refractivity contribution in [3.63, 3.8) is 0 Å². The highest BCUT2D eigenvalue weighted by molar-refractivity contribution is 5.98. The van der Waals surface area contributed by atoms with E-state index in [1.165, 1.54) is 0 Å². The molecule has 2 aromatic rings. The van der Waals surface area contributed by atoms with Crippen LogP contribution in [0.1, 0.15) is 19.3 Å². The summed E-state index contributed by atoms with van der Waals surface area (Å²) < 4.78 is 35.3. The van der Waals surface area contributed by atoms with Crippen LogP contribution in [0.4, 0.5) is 14.5 Å². The Morgan fingerprint density at radius 1 is 1.42 bits per heavy atom. The Kier molecular flexibility index (Phi) is 4.31. The van der Waals surface area contributed by atoms with Gasteiger partial charge in [-0.25, -0.2) is 0 Å². The largest absolute Gasteiger partial charge is 0.383 e. The van der Waals surface area contributed by atoms with Gasteiger partial charge in [-0.2, -0.15) is 8.78 Å². The molecule has 0 radical (unpaired) electrons. The minimum Gasteiger partial charge on any atom is -0.383 e. The Morgan fingerprint density at radius 2 is 2.17 bits per heavy atom. The quantitative estimate of drug-likeness (QED) is 0.851. The molecule has 1 saturated carbocycles. The molecule has 3 rings (SSSR count). The third-order valence-electron chi connectivity index (χ3n) is 4.62. The van der Waals surface area contributed by atoms with Crippen molar-refractivity contribution in [2.45, 2.75) is 37.3 Å². The molecule has 1 heterocycles. The van der Waals surface area contributed by atoms with Crippen LogP contribution in [0.3, 0.4) is 0 Å². The fourth-order valence-electron chi connectivity index (χ4n) is 2.89. The Labute approximate surface area is 138 Å². The van der Waals surface area contributed by atoms with E-state index in [9.17, 15) is 18.7 Å². The normalized spacial score (nSPS) is 16.8. The lowest BCUT2D eigenvalue weighted by molar-refractivity contribution is -0.212. The molecule has 0 unspecified atom stereocenters. The van der Waals surface area contributed by atoms with Crippen molar-refractivity contribution < 1.29 is 23.4 Å². The number of fused-ring (bicyclic) bond motifs is 1. The first-order valence-corrected chi connectivity index (χ1v) is 7.87. The van der Waals surface area contributed by atoms with E-state index in [1.807, 2.05) is 16.8 Å². The van der Waals surface area contributed by atoms with Crippen molar-refractivity contribution in [3.8, 4) is 0 Å². The number of hydrogen-bond donors (Lipinski definition) is 2. The number of rotatable bonds is 6. The van der Waals surface area contributed by atoms with Crippen LogP contribution in [0.15, 0.2) is 30.5 Å². The van der Waals surface area contributed by atoms with Gasteiger partial charge in [-0.1, -0.05) is 6.07 Å². The highest BCUT2D eigenvalue weighted by Gasteiger charge is 2.61. The number of aliphatic hydroxyl groups is 1. The number of anilines is 1. The summed E-state index contributed by atoms with van der Waals surface area (Å²) in [5.74, 6) is -5.28. The van der Waals surface area contributed by atoms with E-state index < -0.39 is 17.4 Å². The second-order valence-corrected chi connectivity index (χ2v) is 6.19. The third kappa shape index (κ3) is 2.78. The van der Waals surface area contributed by atoms with E-state index in [-0.39, 0.29) is 18.5 Å². The van der Waals surface area contributed by atoms with Crippen LogP contribution in [0, 0.1) is 0 Å². The van der Waals surface area contributed by atoms with Gasteiger partial charge in [0.15, 0.2) is 0 Å². The highest BCUT2D eigenvalue weighted by atomic mass is 19.3. The molecule has 24 heavy (non-hydrogen) atoms. The van der Waals surface area contributed by atoms with E-state index in [4.69, 9.17) is 4.74 Å². The van der Waals surface area contributed by atoms with Crippen molar-refractivity contribution in [1.29, 1.82) is 0 Å². The minimum atomic E-state index is -3.81. The molecule has 0 bridgehead atoms. The van der Waals surface area contributed by atoms with E-state index in [2.05, 4.69) is 5.32 Å². The van der Waals surface area contributed by atoms with Crippen LogP contribution in [0.5, 0.6) is 0 Å². The average molecular weight is 338 g/mol. The summed E-state index contributed by atoms with van der Waals surface area (Å²) in [4.78, 5) is 12.0. The van der Waals surface area contributed by atoms with Crippen LogP contribution in [0.25, 0.3) is 10.9 Å². The van der Waals surface area contributed by atoms with Gasteiger partial charge in [-0.15, -0.1) is 0 Å². The van der Waals surface area contributed by atoms with Crippen molar-refractivity contribution in [3.05, 3.63) is 30.5 Å². The number of carbonyl (C=O) groups is 1. The van der Waals surface area contributed by atoms with E-state index in [0.29, 0.717) is 19.6 Å². The summed E-state index contributed by atoms with van der Waals surface area (Å²) in [7, 11) is 1.60. The number of nitrogens with zero attached hydrogens (tertiary/aromatic N) is 1. The lowest BCUT2D eigenvalue weighted by atomic mass is 9.75. The Bertz CT molecular complexity index is 753. The van der Waals surface area contributed by atoms with Gasteiger partial charge in [-0.3, -0.25) is 4.79 Å². The molecular formula is C17H20F2N2O3. The molecular weight excluding hydrogens is 318 g/mol. The molecule has 0 atom stereocenters. The van der Waals surface area contributed by atoms with Crippen molar-refractivity contribution in [2.24, 2.45) is 0 Å². The predicted molar refractivity (Wildman–Crippen MR) is 86.2 cm³/mol. The van der Waals surface area contributed by atoms with E-state index >= 15 is 0 Å². The fraction of sp³-hybridized carbons (Fsp3) is 0.471. The molecule has 5 nitrogen and oxygen atoms in total. The lowest BCUT2D eigenvalue weighted by Crippen LogP contribution is -2.59. The van der Waals surface area contributed by atoms with Crippen LogP contribution >= 0.6 is 0 Å². The number of halogens is 2. The first-order chi connectivity index (χ1) is 11.4. The molecule has 2 N–H and O–H groups in total. The molecule has 1 aliphatic rings. The van der Waals surface area contributed by atoms with Gasteiger partial charge in [0.2, 0.25) is 0 Å². The Balaban J connectivity index is 1.80. The van der Waals surface area contributed by atoms with Gasteiger partial charge in [0, 0.05) is 25.5 Å². The Hall–Kier alpha value is -1.99. The maximum atomic E-state index is 14.1. The zero-order valence-electron chi connectivity index (χ0n) is 13.4. The molecule has 0 aliphatic heterocycles. The number of nitrogens with one attached hydrogen (secondary N) is 1. The summed E-state index contributed by atoms with van der Waals surface area (Å²) in [5, 5.41) is 13.0. The van der Waals surface area contributed by atoms with Gasteiger partial charge in [0.25, 0.3) is 5.91 Å². The SMILES string of the molecule is COCCn1ccc2ccc(NC(=O)C(F)(F)C3(O)CCC3)cc21. The van der Waals surface area contributed by atoms with Crippen molar-refractivity contribution >= 4 is 22.5 Å². The van der Waals surface area contributed by atoms with Crippen molar-refractivity contribution in [2.75, 3.05) is 19.0 Å². The van der Waals surface area contributed by atoms with Crippen LogP contribution < -0.4 is 5.32 Å². The number of carbonyl (C=O) groups excluding carboxylic acids is 1. The number of amides is 1. The zero-order chi connectivity index (χ0) is 17.4. The van der Waals surface area contributed by atoms with Crippen LogP contribution in [0.2, 0.25) is 0 Å². The van der Waals surface area contributed by atoms with Gasteiger partial charge in [-0.05, 0) is 42.8 Å². The number of hydrogen-bond acceptors (Lipinski definition) is 3. The monoisotopic (exact) mass is 338 g/mol. The standard InChI is InChI=1S/C17H20F2N2O3/c1-24-10-9-21-8-5-12-3-4-13(11-14(12)21)20-15(22)17(18,19)16(23)6-2-7-16/h3-5,8,11,23H,2,6-7,9-10H2,1H3,(H,20,22). The molecule has 1 fully saturated rings.